The monoisotopic (exact) mass is 319 g/mol. The minimum absolute atomic E-state index is 0.0823. The van der Waals surface area contributed by atoms with Crippen LogP contribution in [0.15, 0.2) is 11.0 Å². The Morgan fingerprint density at radius 2 is 2.20 bits per heavy atom. The molecule has 0 bridgehead atoms. The maximum atomic E-state index is 12.2. The van der Waals surface area contributed by atoms with Crippen molar-refractivity contribution in [3.63, 3.8) is 0 Å². The summed E-state index contributed by atoms with van der Waals surface area (Å²) in [4.78, 5) is 12.2. The van der Waals surface area contributed by atoms with Crippen molar-refractivity contribution in [1.82, 2.24) is 9.78 Å². The molecule has 1 aliphatic carbocycles. The van der Waals surface area contributed by atoms with Gasteiger partial charge in [0.2, 0.25) is 0 Å². The Morgan fingerprint density at radius 3 is 2.80 bits per heavy atom. The number of hydrogen-bond acceptors (Lipinski definition) is 5. The maximum Gasteiger partial charge on any atom is 0.291 e. The highest BCUT2D eigenvalue weighted by Crippen LogP contribution is 2.30. The Morgan fingerprint density at radius 1 is 1.50 bits per heavy atom. The summed E-state index contributed by atoms with van der Waals surface area (Å²) in [6.45, 7) is 1.00. The fraction of sp³-hybridized carbons (Fsp3) is 0.667. The predicted octanol–water partition coefficient (Wildman–Crippen LogP) is 1.15. The summed E-state index contributed by atoms with van der Waals surface area (Å²) in [5.74, 6) is 0.623. The number of nitrogens with zero attached hydrogens (tertiary/aromatic N) is 2. The fourth-order valence-electron chi connectivity index (χ4n) is 1.85. The van der Waals surface area contributed by atoms with E-state index in [2.05, 4.69) is 10.4 Å². The van der Waals surface area contributed by atoms with Crippen molar-refractivity contribution in [2.24, 2.45) is 5.92 Å². The summed E-state index contributed by atoms with van der Waals surface area (Å²) in [5.41, 5.74) is 0.0552. The lowest BCUT2D eigenvalue weighted by Gasteiger charge is -2.10. The highest BCUT2D eigenvalue weighted by atomic mass is 35.5. The van der Waals surface area contributed by atoms with Crippen molar-refractivity contribution in [3.05, 3.63) is 21.6 Å². The minimum Gasteiger partial charge on any atom is -0.379 e. The quantitative estimate of drug-likeness (QED) is 0.763. The normalized spacial score (nSPS) is 15.3. The van der Waals surface area contributed by atoms with Gasteiger partial charge in [-0.1, -0.05) is 11.6 Å². The summed E-state index contributed by atoms with van der Waals surface area (Å²) in [7, 11) is -2.98. The molecular weight excluding hydrogens is 302 g/mol. The molecule has 8 heteroatoms. The zero-order valence-corrected chi connectivity index (χ0v) is 12.9. The van der Waals surface area contributed by atoms with Crippen LogP contribution < -0.4 is 10.9 Å². The van der Waals surface area contributed by atoms with Crippen LogP contribution in [0.25, 0.3) is 0 Å². The van der Waals surface area contributed by atoms with Crippen LogP contribution in [0.5, 0.6) is 0 Å². The van der Waals surface area contributed by atoms with Crippen LogP contribution in [0.3, 0.4) is 0 Å². The van der Waals surface area contributed by atoms with Crippen molar-refractivity contribution >= 4 is 27.1 Å². The van der Waals surface area contributed by atoms with Crippen molar-refractivity contribution in [2.75, 3.05) is 23.9 Å². The topological polar surface area (TPSA) is 81.1 Å². The largest absolute Gasteiger partial charge is 0.379 e. The number of halogens is 1. The standard InChI is InChI=1S/C12H18ClN3O3S/c1-20(18,19)6-2-5-14-11-10(13)7-15-16(12(11)17)8-9-3-4-9/h7,9,14H,2-6,8H2,1H3. The van der Waals surface area contributed by atoms with Crippen LogP contribution in [0.1, 0.15) is 19.3 Å². The molecule has 1 N–H and O–H groups in total. The van der Waals surface area contributed by atoms with Crippen LogP contribution in [0.4, 0.5) is 5.69 Å². The number of aromatic nitrogens is 2. The van der Waals surface area contributed by atoms with Gasteiger partial charge in [-0.05, 0) is 25.2 Å². The Labute approximate surface area is 123 Å². The third-order valence-electron chi connectivity index (χ3n) is 3.12. The molecular formula is C12H18ClN3O3S. The Hall–Kier alpha value is -1.08. The first kappa shape index (κ1) is 15.3. The summed E-state index contributed by atoms with van der Waals surface area (Å²) in [6, 6.07) is 0. The van der Waals surface area contributed by atoms with E-state index in [0.29, 0.717) is 31.1 Å². The van der Waals surface area contributed by atoms with E-state index < -0.39 is 9.84 Å². The van der Waals surface area contributed by atoms with E-state index in [9.17, 15) is 13.2 Å². The maximum absolute atomic E-state index is 12.2. The zero-order valence-electron chi connectivity index (χ0n) is 11.3. The molecule has 0 atom stereocenters. The van der Waals surface area contributed by atoms with Crippen molar-refractivity contribution < 1.29 is 8.42 Å². The summed E-state index contributed by atoms with van der Waals surface area (Å²) in [6.07, 6.45) is 5.33. The van der Waals surface area contributed by atoms with E-state index in [0.717, 1.165) is 12.8 Å². The van der Waals surface area contributed by atoms with Gasteiger partial charge in [-0.2, -0.15) is 5.10 Å². The van der Waals surface area contributed by atoms with Gasteiger partial charge in [0.1, 0.15) is 15.5 Å². The number of nitrogens with one attached hydrogen (secondary N) is 1. The molecule has 1 heterocycles. The molecule has 0 aliphatic heterocycles. The lowest BCUT2D eigenvalue weighted by Crippen LogP contribution is -2.27. The molecule has 2 rings (SSSR count). The molecule has 1 saturated carbocycles. The first-order chi connectivity index (χ1) is 9.37. The van der Waals surface area contributed by atoms with E-state index in [1.807, 2.05) is 0 Å². The van der Waals surface area contributed by atoms with Gasteiger partial charge in [0, 0.05) is 19.3 Å². The molecule has 0 saturated heterocycles. The van der Waals surface area contributed by atoms with Crippen molar-refractivity contribution in [3.8, 4) is 0 Å². The molecule has 0 unspecified atom stereocenters. The van der Waals surface area contributed by atoms with Crippen molar-refractivity contribution in [1.29, 1.82) is 0 Å². The van der Waals surface area contributed by atoms with Gasteiger partial charge in [0.05, 0.1) is 17.0 Å². The molecule has 1 aromatic rings. The van der Waals surface area contributed by atoms with Crippen LogP contribution in [0.2, 0.25) is 5.02 Å². The summed E-state index contributed by atoms with van der Waals surface area (Å²) in [5, 5.41) is 7.21. The third-order valence-corrected chi connectivity index (χ3v) is 4.44. The molecule has 20 heavy (non-hydrogen) atoms. The molecule has 1 aromatic heterocycles. The lowest BCUT2D eigenvalue weighted by molar-refractivity contribution is 0.534. The van der Waals surface area contributed by atoms with Gasteiger partial charge in [-0.25, -0.2) is 13.1 Å². The van der Waals surface area contributed by atoms with Crippen LogP contribution >= 0.6 is 11.6 Å². The SMILES string of the molecule is CS(=O)(=O)CCCNc1c(Cl)cnn(CC2CC2)c1=O. The second kappa shape index (κ2) is 6.13. The minimum atomic E-state index is -2.98. The summed E-state index contributed by atoms with van der Waals surface area (Å²) < 4.78 is 23.5. The first-order valence-corrected chi connectivity index (χ1v) is 8.98. The molecule has 0 radical (unpaired) electrons. The number of sulfone groups is 1. The fourth-order valence-corrected chi connectivity index (χ4v) is 2.71. The van der Waals surface area contributed by atoms with E-state index in [1.54, 1.807) is 0 Å². The van der Waals surface area contributed by atoms with Gasteiger partial charge in [0.25, 0.3) is 5.56 Å². The highest BCUT2D eigenvalue weighted by molar-refractivity contribution is 7.90. The van der Waals surface area contributed by atoms with E-state index in [4.69, 9.17) is 11.6 Å². The second-order valence-corrected chi connectivity index (χ2v) is 7.88. The van der Waals surface area contributed by atoms with Crippen LogP contribution in [0, 0.1) is 5.92 Å². The third kappa shape index (κ3) is 4.49. The molecule has 0 aromatic carbocycles. The molecule has 1 fully saturated rings. The van der Waals surface area contributed by atoms with Gasteiger partial charge in [-0.3, -0.25) is 4.79 Å². The Kier molecular flexibility index (Phi) is 4.70. The van der Waals surface area contributed by atoms with Crippen LogP contribution in [-0.4, -0.2) is 36.8 Å². The average Bonchev–Trinajstić information content (AvgIpc) is 3.14. The van der Waals surface area contributed by atoms with Crippen molar-refractivity contribution in [2.45, 2.75) is 25.8 Å². The molecule has 112 valence electrons. The number of anilines is 1. The van der Waals surface area contributed by atoms with Crippen LogP contribution in [-0.2, 0) is 16.4 Å². The zero-order chi connectivity index (χ0) is 14.8. The Bertz CT molecular complexity index is 638. The van der Waals surface area contributed by atoms with E-state index in [1.165, 1.54) is 17.1 Å². The molecule has 1 aliphatic rings. The number of rotatable bonds is 7. The number of hydrogen-bond donors (Lipinski definition) is 1. The predicted molar refractivity (Wildman–Crippen MR) is 79.0 cm³/mol. The molecule has 0 amide bonds. The van der Waals surface area contributed by atoms with Gasteiger partial charge in [0.15, 0.2) is 0 Å². The highest BCUT2D eigenvalue weighted by Gasteiger charge is 2.23. The van der Waals surface area contributed by atoms with E-state index in [-0.39, 0.29) is 16.3 Å². The van der Waals surface area contributed by atoms with Gasteiger partial charge < -0.3 is 5.32 Å². The Balaban J connectivity index is 2.00. The average molecular weight is 320 g/mol. The van der Waals surface area contributed by atoms with Gasteiger partial charge in [-0.15, -0.1) is 0 Å². The summed E-state index contributed by atoms with van der Waals surface area (Å²) >= 11 is 5.97. The second-order valence-electron chi connectivity index (χ2n) is 5.21. The molecule has 6 nitrogen and oxygen atoms in total. The first-order valence-electron chi connectivity index (χ1n) is 6.54. The van der Waals surface area contributed by atoms with E-state index >= 15 is 0 Å². The molecule has 0 spiro atoms. The van der Waals surface area contributed by atoms with Gasteiger partial charge >= 0.3 is 0 Å². The smallest absolute Gasteiger partial charge is 0.291 e. The lowest BCUT2D eigenvalue weighted by atomic mass is 10.4.